The number of nitrogen functional groups attached to an aromatic ring is 1. The van der Waals surface area contributed by atoms with Crippen LogP contribution in [0.2, 0.25) is 0 Å². The van der Waals surface area contributed by atoms with Crippen molar-refractivity contribution in [2.24, 2.45) is 5.92 Å². The van der Waals surface area contributed by atoms with E-state index < -0.39 is 0 Å². The van der Waals surface area contributed by atoms with E-state index in [-0.39, 0.29) is 5.91 Å². The molecule has 1 atom stereocenters. The Bertz CT molecular complexity index is 642. The summed E-state index contributed by atoms with van der Waals surface area (Å²) < 4.78 is 0. The van der Waals surface area contributed by atoms with Gasteiger partial charge in [0.2, 0.25) is 5.91 Å². The van der Waals surface area contributed by atoms with Crippen LogP contribution in [0.25, 0.3) is 0 Å². The summed E-state index contributed by atoms with van der Waals surface area (Å²) in [6.07, 6.45) is 3.51. The van der Waals surface area contributed by atoms with E-state index in [9.17, 15) is 4.79 Å². The number of amides is 1. The van der Waals surface area contributed by atoms with Gasteiger partial charge < -0.3 is 10.6 Å². The molecule has 2 aromatic rings. The molecule has 1 unspecified atom stereocenters. The lowest BCUT2D eigenvalue weighted by Crippen LogP contribution is -2.41. The van der Waals surface area contributed by atoms with Crippen LogP contribution in [0.4, 0.5) is 5.82 Å². The lowest BCUT2D eigenvalue weighted by molar-refractivity contribution is -0.132. The number of hydrogen-bond acceptors (Lipinski definition) is 4. The van der Waals surface area contributed by atoms with Gasteiger partial charge in [-0.25, -0.2) is 0 Å². The molecule has 1 saturated heterocycles. The number of piperidine rings is 1. The molecule has 1 aliphatic rings. The average Bonchev–Trinajstić information content (AvgIpc) is 2.58. The van der Waals surface area contributed by atoms with E-state index in [1.54, 1.807) is 6.07 Å². The van der Waals surface area contributed by atoms with Crippen molar-refractivity contribution in [2.45, 2.75) is 25.7 Å². The summed E-state index contributed by atoms with van der Waals surface area (Å²) in [5, 5.41) is 8.03. The van der Waals surface area contributed by atoms with Crippen LogP contribution in [0.15, 0.2) is 42.5 Å². The molecule has 1 fully saturated rings. The Morgan fingerprint density at radius 3 is 2.74 bits per heavy atom. The van der Waals surface area contributed by atoms with Crippen molar-refractivity contribution in [3.05, 3.63) is 53.7 Å². The maximum Gasteiger partial charge on any atom is 0.226 e. The second kappa shape index (κ2) is 7.22. The van der Waals surface area contributed by atoms with Crippen molar-refractivity contribution in [3.63, 3.8) is 0 Å². The molecule has 5 heteroatoms. The molecule has 1 aromatic carbocycles. The number of benzene rings is 1. The molecule has 3 rings (SSSR count). The number of nitrogens with zero attached hydrogens (tertiary/aromatic N) is 3. The van der Waals surface area contributed by atoms with Gasteiger partial charge in [0.05, 0.1) is 12.1 Å². The fraction of sp³-hybridized carbons (Fsp3) is 0.389. The van der Waals surface area contributed by atoms with Crippen molar-refractivity contribution < 1.29 is 4.79 Å². The normalized spacial score (nSPS) is 17.9. The highest BCUT2D eigenvalue weighted by atomic mass is 16.2. The van der Waals surface area contributed by atoms with E-state index in [2.05, 4.69) is 10.2 Å². The fourth-order valence-electron chi connectivity index (χ4n) is 3.12. The van der Waals surface area contributed by atoms with Gasteiger partial charge >= 0.3 is 0 Å². The molecule has 2 heterocycles. The molecular formula is C18H22N4O. The molecule has 120 valence electrons. The summed E-state index contributed by atoms with van der Waals surface area (Å²) in [6, 6.07) is 13.6. The van der Waals surface area contributed by atoms with E-state index >= 15 is 0 Å². The number of nitrogens with two attached hydrogens (primary N) is 1. The SMILES string of the molecule is Nc1ccc(CC2CCCN(C(=O)Cc3ccccc3)C2)nn1. The number of likely N-dealkylation sites (tertiary alicyclic amines) is 1. The second-order valence-corrected chi connectivity index (χ2v) is 6.16. The summed E-state index contributed by atoms with van der Waals surface area (Å²) in [7, 11) is 0. The van der Waals surface area contributed by atoms with Crippen molar-refractivity contribution in [2.75, 3.05) is 18.8 Å². The summed E-state index contributed by atoms with van der Waals surface area (Å²) in [5.41, 5.74) is 7.59. The summed E-state index contributed by atoms with van der Waals surface area (Å²) in [4.78, 5) is 14.5. The smallest absolute Gasteiger partial charge is 0.226 e. The largest absolute Gasteiger partial charge is 0.382 e. The third-order valence-corrected chi connectivity index (χ3v) is 4.31. The van der Waals surface area contributed by atoms with Gasteiger partial charge in [-0.15, -0.1) is 5.10 Å². The first-order valence-corrected chi connectivity index (χ1v) is 8.10. The molecule has 0 bridgehead atoms. The minimum atomic E-state index is 0.212. The molecule has 1 aliphatic heterocycles. The number of rotatable bonds is 4. The molecule has 23 heavy (non-hydrogen) atoms. The van der Waals surface area contributed by atoms with Gasteiger partial charge in [0, 0.05) is 13.1 Å². The van der Waals surface area contributed by atoms with Gasteiger partial charge in [-0.05, 0) is 42.9 Å². The van der Waals surface area contributed by atoms with Gasteiger partial charge in [0.25, 0.3) is 0 Å². The number of aromatic nitrogens is 2. The number of carbonyl (C=O) groups excluding carboxylic acids is 1. The van der Waals surface area contributed by atoms with E-state index in [0.29, 0.717) is 18.2 Å². The minimum absolute atomic E-state index is 0.212. The van der Waals surface area contributed by atoms with Crippen molar-refractivity contribution in [3.8, 4) is 0 Å². The van der Waals surface area contributed by atoms with Crippen LogP contribution in [0.5, 0.6) is 0 Å². The van der Waals surface area contributed by atoms with Crippen molar-refractivity contribution >= 4 is 11.7 Å². The van der Waals surface area contributed by atoms with Crippen LogP contribution in [-0.2, 0) is 17.6 Å². The fourth-order valence-corrected chi connectivity index (χ4v) is 3.12. The van der Waals surface area contributed by atoms with Gasteiger partial charge in [0.1, 0.15) is 5.82 Å². The van der Waals surface area contributed by atoms with Crippen molar-refractivity contribution in [1.82, 2.24) is 15.1 Å². The van der Waals surface area contributed by atoms with Crippen LogP contribution in [0.3, 0.4) is 0 Å². The molecule has 1 aromatic heterocycles. The van der Waals surface area contributed by atoms with Gasteiger partial charge in [-0.1, -0.05) is 30.3 Å². The van der Waals surface area contributed by atoms with Crippen LogP contribution in [0.1, 0.15) is 24.1 Å². The third-order valence-electron chi connectivity index (χ3n) is 4.31. The molecular weight excluding hydrogens is 288 g/mol. The maximum atomic E-state index is 12.5. The number of hydrogen-bond donors (Lipinski definition) is 1. The zero-order chi connectivity index (χ0) is 16.1. The first-order valence-electron chi connectivity index (χ1n) is 8.10. The highest BCUT2D eigenvalue weighted by molar-refractivity contribution is 5.78. The highest BCUT2D eigenvalue weighted by Crippen LogP contribution is 2.21. The average molecular weight is 310 g/mol. The Morgan fingerprint density at radius 1 is 1.17 bits per heavy atom. The highest BCUT2D eigenvalue weighted by Gasteiger charge is 2.24. The van der Waals surface area contributed by atoms with Crippen LogP contribution < -0.4 is 5.73 Å². The van der Waals surface area contributed by atoms with Crippen LogP contribution >= 0.6 is 0 Å². The molecule has 5 nitrogen and oxygen atoms in total. The van der Waals surface area contributed by atoms with E-state index in [1.165, 1.54) is 0 Å². The second-order valence-electron chi connectivity index (χ2n) is 6.16. The van der Waals surface area contributed by atoms with Crippen LogP contribution in [-0.4, -0.2) is 34.1 Å². The summed E-state index contributed by atoms with van der Waals surface area (Å²) in [6.45, 7) is 1.66. The standard InChI is InChI=1S/C18H22N4O/c19-17-9-8-16(20-21-17)11-15-7-4-10-22(13-15)18(23)12-14-5-2-1-3-6-14/h1-3,5-6,8-9,15H,4,7,10-13H2,(H2,19,21). The van der Waals surface area contributed by atoms with E-state index in [1.807, 2.05) is 41.3 Å². The Balaban J connectivity index is 1.57. The topological polar surface area (TPSA) is 72.1 Å². The lowest BCUT2D eigenvalue weighted by Gasteiger charge is -2.32. The third kappa shape index (κ3) is 4.28. The first-order chi connectivity index (χ1) is 11.2. The molecule has 0 saturated carbocycles. The summed E-state index contributed by atoms with van der Waals surface area (Å²) >= 11 is 0. The Kier molecular flexibility index (Phi) is 4.86. The Labute approximate surface area is 136 Å². The molecule has 0 spiro atoms. The van der Waals surface area contributed by atoms with Gasteiger partial charge in [-0.2, -0.15) is 5.10 Å². The summed E-state index contributed by atoms with van der Waals surface area (Å²) in [5.74, 6) is 1.10. The number of carbonyl (C=O) groups is 1. The lowest BCUT2D eigenvalue weighted by atomic mass is 9.93. The zero-order valence-corrected chi connectivity index (χ0v) is 13.2. The van der Waals surface area contributed by atoms with E-state index in [4.69, 9.17) is 5.73 Å². The first kappa shape index (κ1) is 15.5. The monoisotopic (exact) mass is 310 g/mol. The Hall–Kier alpha value is -2.43. The minimum Gasteiger partial charge on any atom is -0.382 e. The van der Waals surface area contributed by atoms with Gasteiger partial charge in [0.15, 0.2) is 0 Å². The molecule has 2 N–H and O–H groups in total. The van der Waals surface area contributed by atoms with E-state index in [0.717, 1.165) is 43.6 Å². The molecule has 1 amide bonds. The number of anilines is 1. The van der Waals surface area contributed by atoms with Gasteiger partial charge in [-0.3, -0.25) is 4.79 Å². The zero-order valence-electron chi connectivity index (χ0n) is 13.2. The van der Waals surface area contributed by atoms with Crippen molar-refractivity contribution in [1.29, 1.82) is 0 Å². The predicted molar refractivity (Wildman–Crippen MR) is 89.6 cm³/mol. The quantitative estimate of drug-likeness (QED) is 0.938. The van der Waals surface area contributed by atoms with Crippen LogP contribution in [0, 0.1) is 5.92 Å². The predicted octanol–water partition coefficient (Wildman–Crippen LogP) is 2.08. The molecule has 0 aliphatic carbocycles. The Morgan fingerprint density at radius 2 is 2.00 bits per heavy atom. The molecule has 0 radical (unpaired) electrons. The maximum absolute atomic E-state index is 12.5.